The van der Waals surface area contributed by atoms with Gasteiger partial charge in [0.2, 0.25) is 0 Å². The van der Waals surface area contributed by atoms with E-state index in [1.807, 2.05) is 0 Å². The molecule has 0 bridgehead atoms. The van der Waals surface area contributed by atoms with Gasteiger partial charge in [0.25, 0.3) is 0 Å². The molecule has 78 heavy (non-hydrogen) atoms. The minimum Gasteiger partial charge on any atom is -0.462 e. The summed E-state index contributed by atoms with van der Waals surface area (Å²) in [5.41, 5.74) is 0. The topological polar surface area (TPSA) is 78.9 Å². The van der Waals surface area contributed by atoms with E-state index in [9.17, 15) is 14.4 Å². The van der Waals surface area contributed by atoms with Gasteiger partial charge < -0.3 is 14.2 Å². The zero-order valence-corrected chi connectivity index (χ0v) is 50.9. The van der Waals surface area contributed by atoms with Crippen molar-refractivity contribution < 1.29 is 28.6 Å². The van der Waals surface area contributed by atoms with Crippen LogP contribution >= 0.6 is 0 Å². The highest BCUT2D eigenvalue weighted by Gasteiger charge is 2.19. The Kier molecular flexibility index (Phi) is 61.8. The van der Waals surface area contributed by atoms with Crippen LogP contribution in [0.4, 0.5) is 0 Å². The molecular formula is C72H120O6. The van der Waals surface area contributed by atoms with Crippen molar-refractivity contribution in [1.29, 1.82) is 0 Å². The monoisotopic (exact) mass is 1080 g/mol. The van der Waals surface area contributed by atoms with E-state index in [0.717, 1.165) is 141 Å². The van der Waals surface area contributed by atoms with Crippen molar-refractivity contribution in [2.24, 2.45) is 0 Å². The molecule has 6 nitrogen and oxygen atoms in total. The Hall–Kier alpha value is -4.19. The zero-order chi connectivity index (χ0) is 56.4. The van der Waals surface area contributed by atoms with Gasteiger partial charge in [-0.05, 0) is 128 Å². The summed E-state index contributed by atoms with van der Waals surface area (Å²) in [7, 11) is 0. The minimum absolute atomic E-state index is 0.0868. The Bertz CT molecular complexity index is 1620. The van der Waals surface area contributed by atoms with Crippen molar-refractivity contribution in [2.45, 2.75) is 303 Å². The van der Waals surface area contributed by atoms with Crippen molar-refractivity contribution in [2.75, 3.05) is 13.2 Å². The maximum Gasteiger partial charge on any atom is 0.306 e. The van der Waals surface area contributed by atoms with Gasteiger partial charge in [0.05, 0.1) is 0 Å². The van der Waals surface area contributed by atoms with E-state index in [4.69, 9.17) is 14.2 Å². The van der Waals surface area contributed by atoms with Crippen LogP contribution in [0.15, 0.2) is 122 Å². The summed E-state index contributed by atoms with van der Waals surface area (Å²) in [5, 5.41) is 0. The van der Waals surface area contributed by atoms with Crippen molar-refractivity contribution in [1.82, 2.24) is 0 Å². The number of carbonyl (C=O) groups is 3. The highest BCUT2D eigenvalue weighted by atomic mass is 16.6. The molecule has 0 heterocycles. The Morgan fingerprint density at radius 3 is 0.846 bits per heavy atom. The molecule has 1 unspecified atom stereocenters. The lowest BCUT2D eigenvalue weighted by Gasteiger charge is -2.18. The van der Waals surface area contributed by atoms with E-state index in [-0.39, 0.29) is 31.1 Å². The van der Waals surface area contributed by atoms with Gasteiger partial charge >= 0.3 is 17.9 Å². The lowest BCUT2D eigenvalue weighted by atomic mass is 10.0. The number of unbranched alkanes of at least 4 members (excludes halogenated alkanes) is 27. The summed E-state index contributed by atoms with van der Waals surface area (Å²) in [6.45, 7) is 6.42. The van der Waals surface area contributed by atoms with Gasteiger partial charge in [0, 0.05) is 19.3 Å². The molecule has 0 aliphatic rings. The Morgan fingerprint density at radius 1 is 0.269 bits per heavy atom. The molecule has 0 saturated heterocycles. The molecule has 0 amide bonds. The Labute approximate surface area is 482 Å². The summed E-state index contributed by atoms with van der Waals surface area (Å²) in [6.07, 6.45) is 90.8. The van der Waals surface area contributed by atoms with E-state index < -0.39 is 6.10 Å². The molecular weight excluding hydrogens is 961 g/mol. The number of hydrogen-bond acceptors (Lipinski definition) is 6. The minimum atomic E-state index is -0.790. The predicted molar refractivity (Wildman–Crippen MR) is 339 cm³/mol. The Balaban J connectivity index is 4.14. The number of esters is 3. The Morgan fingerprint density at radius 2 is 0.526 bits per heavy atom. The molecule has 0 N–H and O–H groups in total. The maximum absolute atomic E-state index is 12.8. The fourth-order valence-electron chi connectivity index (χ4n) is 8.81. The smallest absolute Gasteiger partial charge is 0.306 e. The van der Waals surface area contributed by atoms with E-state index in [0.29, 0.717) is 19.3 Å². The highest BCUT2D eigenvalue weighted by Crippen LogP contribution is 2.16. The van der Waals surface area contributed by atoms with Crippen LogP contribution < -0.4 is 0 Å². The molecule has 0 aliphatic carbocycles. The van der Waals surface area contributed by atoms with Gasteiger partial charge in [-0.2, -0.15) is 0 Å². The van der Waals surface area contributed by atoms with Gasteiger partial charge in [0.1, 0.15) is 13.2 Å². The second-order valence-corrected chi connectivity index (χ2v) is 21.3. The largest absolute Gasteiger partial charge is 0.462 e. The third kappa shape index (κ3) is 62.7. The third-order valence-electron chi connectivity index (χ3n) is 13.7. The van der Waals surface area contributed by atoms with E-state index in [2.05, 4.69) is 142 Å². The molecule has 0 spiro atoms. The van der Waals surface area contributed by atoms with Crippen LogP contribution in [0.2, 0.25) is 0 Å². The first kappa shape index (κ1) is 73.8. The zero-order valence-electron chi connectivity index (χ0n) is 50.9. The molecule has 0 saturated carbocycles. The maximum atomic E-state index is 12.8. The fraction of sp³-hybridized carbons (Fsp3) is 0.681. The van der Waals surface area contributed by atoms with Crippen LogP contribution in [-0.2, 0) is 28.6 Å². The molecule has 0 radical (unpaired) electrons. The normalized spacial score (nSPS) is 12.9. The average molecular weight is 1080 g/mol. The van der Waals surface area contributed by atoms with Crippen LogP contribution in [0.5, 0.6) is 0 Å². The second kappa shape index (κ2) is 65.3. The van der Waals surface area contributed by atoms with Crippen molar-refractivity contribution in [3.63, 3.8) is 0 Å². The van der Waals surface area contributed by atoms with Crippen LogP contribution in [0, 0.1) is 0 Å². The molecule has 444 valence electrons. The quantitative estimate of drug-likeness (QED) is 0.0261. The number of ether oxygens (including phenoxy) is 3. The number of carbonyl (C=O) groups excluding carboxylic acids is 3. The van der Waals surface area contributed by atoms with Gasteiger partial charge in [-0.1, -0.05) is 271 Å². The first-order chi connectivity index (χ1) is 38.5. The lowest BCUT2D eigenvalue weighted by molar-refractivity contribution is -0.167. The number of allylic oxidation sites excluding steroid dienone is 20. The lowest BCUT2D eigenvalue weighted by Crippen LogP contribution is -2.30. The summed E-state index contributed by atoms with van der Waals surface area (Å²) >= 11 is 0. The molecule has 6 heteroatoms. The van der Waals surface area contributed by atoms with Gasteiger partial charge in [-0.15, -0.1) is 0 Å². The average Bonchev–Trinajstić information content (AvgIpc) is 3.44. The van der Waals surface area contributed by atoms with Crippen LogP contribution in [-0.4, -0.2) is 37.2 Å². The van der Waals surface area contributed by atoms with Gasteiger partial charge in [-0.25, -0.2) is 0 Å². The fourth-order valence-corrected chi connectivity index (χ4v) is 8.81. The molecule has 0 rings (SSSR count). The molecule has 0 fully saturated rings. The first-order valence-corrected chi connectivity index (χ1v) is 32.5. The molecule has 0 aromatic rings. The van der Waals surface area contributed by atoms with E-state index in [1.165, 1.54) is 116 Å². The summed E-state index contributed by atoms with van der Waals surface area (Å²) in [5.74, 6) is -0.908. The van der Waals surface area contributed by atoms with Gasteiger partial charge in [0.15, 0.2) is 6.10 Å². The van der Waals surface area contributed by atoms with Crippen molar-refractivity contribution in [3.05, 3.63) is 122 Å². The second-order valence-electron chi connectivity index (χ2n) is 21.3. The first-order valence-electron chi connectivity index (χ1n) is 32.5. The SMILES string of the molecule is CC/C=C\C/C=C\C/C=C\C/C=C\C/C=C\C/C=C\C/C=C\CCCCCCCCCCCCCCCC(=O)OCC(COC(=O)CCCCCCC/C=C\CCCCC)OC(=O)CCCCCCC/C=C\C/C=C\CCC. The van der Waals surface area contributed by atoms with Crippen molar-refractivity contribution in [3.8, 4) is 0 Å². The van der Waals surface area contributed by atoms with Crippen molar-refractivity contribution >= 4 is 17.9 Å². The molecule has 0 aromatic carbocycles. The predicted octanol–water partition coefficient (Wildman–Crippen LogP) is 22.4. The van der Waals surface area contributed by atoms with E-state index >= 15 is 0 Å². The molecule has 0 aromatic heterocycles. The number of rotatable bonds is 58. The van der Waals surface area contributed by atoms with Crippen LogP contribution in [0.25, 0.3) is 0 Å². The van der Waals surface area contributed by atoms with Gasteiger partial charge in [-0.3, -0.25) is 14.4 Å². The summed E-state index contributed by atoms with van der Waals surface area (Å²) in [6, 6.07) is 0. The molecule has 0 aliphatic heterocycles. The number of hydrogen-bond donors (Lipinski definition) is 0. The molecule has 1 atom stereocenters. The third-order valence-corrected chi connectivity index (χ3v) is 13.7. The van der Waals surface area contributed by atoms with E-state index in [1.54, 1.807) is 0 Å². The van der Waals surface area contributed by atoms with Crippen LogP contribution in [0.3, 0.4) is 0 Å². The summed E-state index contributed by atoms with van der Waals surface area (Å²) in [4.78, 5) is 38.2. The van der Waals surface area contributed by atoms with Crippen LogP contribution in [0.1, 0.15) is 297 Å². The highest BCUT2D eigenvalue weighted by molar-refractivity contribution is 5.71. The summed E-state index contributed by atoms with van der Waals surface area (Å²) < 4.78 is 16.9. The standard InChI is InChI=1S/C72H120O6/c1-4-7-10-13-16-19-22-25-26-27-28-29-30-31-32-33-34-35-36-37-38-39-40-41-42-43-44-45-46-48-50-53-56-59-62-65-71(74)77-68-69(67-76-70(73)64-61-58-55-52-49-24-21-18-15-12-9-6-3)78-72(75)66-63-60-57-54-51-47-23-20-17-14-11-8-5-2/h7,10-11,14,16,18-21,23,25-26,28-29,31-32,34-35,37-38,69H,4-6,8-9,12-13,15,17,22,24,27,30,33,36,39-68H2,1-3H3/b10-7-,14-11-,19-16-,21-18-,23-20-,26-25-,29-28-,32-31-,35-34-,38-37-.